The molecule has 2 rings (SSSR count). The van der Waals surface area contributed by atoms with E-state index in [1.165, 1.54) is 12.4 Å². The summed E-state index contributed by atoms with van der Waals surface area (Å²) in [6.07, 6.45) is 2.90. The molecule has 0 aliphatic rings. The quantitative estimate of drug-likeness (QED) is 0.794. The third-order valence-corrected chi connectivity index (χ3v) is 2.53. The number of carboxylic acid groups (broad SMARTS) is 1. The Hall–Kier alpha value is -3.03. The van der Waals surface area contributed by atoms with Crippen LogP contribution in [0.25, 0.3) is 0 Å². The van der Waals surface area contributed by atoms with E-state index in [1.54, 1.807) is 12.3 Å². The van der Waals surface area contributed by atoms with Crippen LogP contribution >= 0.6 is 0 Å². The number of urea groups is 1. The van der Waals surface area contributed by atoms with Crippen molar-refractivity contribution in [1.29, 1.82) is 0 Å². The number of carbonyl (C=O) groups excluding carboxylic acids is 1. The summed E-state index contributed by atoms with van der Waals surface area (Å²) in [5, 5.41) is 13.7. The maximum atomic E-state index is 13.2. The number of benzene rings is 1. The minimum Gasteiger partial charge on any atom is -0.478 e. The number of nitrogens with one attached hydrogen (secondary N) is 2. The van der Waals surface area contributed by atoms with Gasteiger partial charge in [-0.3, -0.25) is 0 Å². The monoisotopic (exact) mass is 290 g/mol. The van der Waals surface area contributed by atoms with Gasteiger partial charge in [0.25, 0.3) is 0 Å². The second kappa shape index (κ2) is 6.42. The molecular weight excluding hydrogens is 279 g/mol. The Morgan fingerprint density at radius 1 is 1.29 bits per heavy atom. The Labute approximate surface area is 118 Å². The molecule has 0 saturated heterocycles. The van der Waals surface area contributed by atoms with Gasteiger partial charge in [0.2, 0.25) is 0 Å². The van der Waals surface area contributed by atoms with Gasteiger partial charge >= 0.3 is 12.0 Å². The number of nitrogens with zero attached hydrogens (tertiary/aromatic N) is 2. The van der Waals surface area contributed by atoms with Crippen LogP contribution in [0.1, 0.15) is 16.1 Å². The van der Waals surface area contributed by atoms with Crippen LogP contribution in [0.15, 0.2) is 36.8 Å². The van der Waals surface area contributed by atoms with Gasteiger partial charge in [0.05, 0.1) is 17.8 Å². The van der Waals surface area contributed by atoms with Gasteiger partial charge in [0.15, 0.2) is 0 Å². The fourth-order valence-electron chi connectivity index (χ4n) is 1.54. The Morgan fingerprint density at radius 2 is 2.10 bits per heavy atom. The van der Waals surface area contributed by atoms with Crippen LogP contribution in [0.3, 0.4) is 0 Å². The molecule has 1 aromatic heterocycles. The summed E-state index contributed by atoms with van der Waals surface area (Å²) in [5.74, 6) is -2.27. The average molecular weight is 290 g/mol. The third kappa shape index (κ3) is 3.96. The first-order valence-electron chi connectivity index (χ1n) is 5.89. The maximum absolute atomic E-state index is 13.2. The van der Waals surface area contributed by atoms with Crippen LogP contribution in [0.4, 0.5) is 14.9 Å². The molecule has 0 bridgehead atoms. The lowest BCUT2D eigenvalue weighted by atomic mass is 10.2. The highest BCUT2D eigenvalue weighted by atomic mass is 19.1. The van der Waals surface area contributed by atoms with Crippen molar-refractivity contribution >= 4 is 17.7 Å². The third-order valence-electron chi connectivity index (χ3n) is 2.53. The van der Waals surface area contributed by atoms with E-state index < -0.39 is 23.4 Å². The molecule has 0 spiro atoms. The van der Waals surface area contributed by atoms with Crippen LogP contribution < -0.4 is 10.6 Å². The molecule has 0 atom stereocenters. The van der Waals surface area contributed by atoms with E-state index in [-0.39, 0.29) is 12.2 Å². The number of aromatic carboxylic acids is 1. The highest BCUT2D eigenvalue weighted by Crippen LogP contribution is 2.14. The van der Waals surface area contributed by atoms with E-state index in [0.717, 1.165) is 12.1 Å². The average Bonchev–Trinajstić information content (AvgIpc) is 2.48. The number of rotatable bonds is 4. The van der Waals surface area contributed by atoms with Crippen molar-refractivity contribution in [3.63, 3.8) is 0 Å². The van der Waals surface area contributed by atoms with E-state index >= 15 is 0 Å². The molecule has 0 aliphatic carbocycles. The number of amides is 2. The van der Waals surface area contributed by atoms with Gasteiger partial charge in [-0.1, -0.05) is 0 Å². The van der Waals surface area contributed by atoms with Crippen LogP contribution in [0.2, 0.25) is 0 Å². The standard InChI is InChI=1S/C13H11FN4O3/c14-11-2-1-8(5-10(11)12(19)20)18-13(21)16-6-9-3-4-15-7-17-9/h1-5,7H,6H2,(H,19,20)(H2,16,18,21). The van der Waals surface area contributed by atoms with E-state index in [1.807, 2.05) is 0 Å². The lowest BCUT2D eigenvalue weighted by Crippen LogP contribution is -2.28. The molecule has 108 valence electrons. The van der Waals surface area contributed by atoms with Crippen molar-refractivity contribution in [3.05, 3.63) is 53.9 Å². The van der Waals surface area contributed by atoms with Crippen molar-refractivity contribution in [1.82, 2.24) is 15.3 Å². The van der Waals surface area contributed by atoms with E-state index in [4.69, 9.17) is 5.11 Å². The fraction of sp³-hybridized carbons (Fsp3) is 0.0769. The first-order chi connectivity index (χ1) is 10.1. The largest absolute Gasteiger partial charge is 0.478 e. The molecule has 0 saturated carbocycles. The first kappa shape index (κ1) is 14.4. The van der Waals surface area contributed by atoms with Gasteiger partial charge in [-0.2, -0.15) is 0 Å². The molecule has 1 heterocycles. The van der Waals surface area contributed by atoms with Gasteiger partial charge in [0, 0.05) is 11.9 Å². The van der Waals surface area contributed by atoms with Gasteiger partial charge in [-0.25, -0.2) is 23.9 Å². The second-order valence-electron chi connectivity index (χ2n) is 4.01. The summed E-state index contributed by atoms with van der Waals surface area (Å²) in [7, 11) is 0. The van der Waals surface area contributed by atoms with Gasteiger partial charge in [-0.05, 0) is 24.3 Å². The molecular formula is C13H11FN4O3. The Morgan fingerprint density at radius 3 is 2.76 bits per heavy atom. The predicted octanol–water partition coefficient (Wildman–Crippen LogP) is 1.64. The molecule has 1 aromatic carbocycles. The fourth-order valence-corrected chi connectivity index (χ4v) is 1.54. The van der Waals surface area contributed by atoms with E-state index in [9.17, 15) is 14.0 Å². The summed E-state index contributed by atoms with van der Waals surface area (Å²) < 4.78 is 13.2. The summed E-state index contributed by atoms with van der Waals surface area (Å²) >= 11 is 0. The van der Waals surface area contributed by atoms with E-state index in [2.05, 4.69) is 20.6 Å². The van der Waals surface area contributed by atoms with Crippen molar-refractivity contribution < 1.29 is 19.1 Å². The second-order valence-corrected chi connectivity index (χ2v) is 4.01. The molecule has 2 amide bonds. The van der Waals surface area contributed by atoms with Crippen molar-refractivity contribution in [3.8, 4) is 0 Å². The Kier molecular flexibility index (Phi) is 4.39. The minimum absolute atomic E-state index is 0.175. The highest BCUT2D eigenvalue weighted by Gasteiger charge is 2.12. The summed E-state index contributed by atoms with van der Waals surface area (Å²) in [5.41, 5.74) is 0.281. The lowest BCUT2D eigenvalue weighted by molar-refractivity contribution is 0.0692. The van der Waals surface area contributed by atoms with Crippen LogP contribution in [0, 0.1) is 5.82 Å². The SMILES string of the molecule is O=C(NCc1ccncn1)Nc1ccc(F)c(C(=O)O)c1. The number of aromatic nitrogens is 2. The van der Waals surface area contributed by atoms with Gasteiger partial charge < -0.3 is 15.7 Å². The molecule has 0 unspecified atom stereocenters. The van der Waals surface area contributed by atoms with Crippen molar-refractivity contribution in [2.75, 3.05) is 5.32 Å². The number of carboxylic acids is 1. The molecule has 0 radical (unpaired) electrons. The number of hydrogen-bond acceptors (Lipinski definition) is 4. The number of carbonyl (C=O) groups is 2. The summed E-state index contributed by atoms with van der Waals surface area (Å²) in [6.45, 7) is 0.182. The first-order valence-corrected chi connectivity index (χ1v) is 5.89. The normalized spacial score (nSPS) is 9.95. The molecule has 0 aliphatic heterocycles. The lowest BCUT2D eigenvalue weighted by Gasteiger charge is -2.08. The van der Waals surface area contributed by atoms with Crippen LogP contribution in [-0.2, 0) is 6.54 Å². The summed E-state index contributed by atoms with van der Waals surface area (Å²) in [4.78, 5) is 30.1. The zero-order chi connectivity index (χ0) is 15.2. The smallest absolute Gasteiger partial charge is 0.338 e. The molecule has 2 aromatic rings. The Bertz CT molecular complexity index is 664. The van der Waals surface area contributed by atoms with E-state index in [0.29, 0.717) is 5.69 Å². The highest BCUT2D eigenvalue weighted by molar-refractivity contribution is 5.93. The zero-order valence-corrected chi connectivity index (χ0v) is 10.7. The molecule has 8 heteroatoms. The number of anilines is 1. The zero-order valence-electron chi connectivity index (χ0n) is 10.7. The molecule has 7 nitrogen and oxygen atoms in total. The number of hydrogen-bond donors (Lipinski definition) is 3. The maximum Gasteiger partial charge on any atom is 0.338 e. The molecule has 3 N–H and O–H groups in total. The topological polar surface area (TPSA) is 104 Å². The summed E-state index contributed by atoms with van der Waals surface area (Å²) in [6, 6.07) is 4.37. The minimum atomic E-state index is -1.41. The van der Waals surface area contributed by atoms with Crippen LogP contribution in [-0.4, -0.2) is 27.1 Å². The van der Waals surface area contributed by atoms with Crippen molar-refractivity contribution in [2.24, 2.45) is 0 Å². The van der Waals surface area contributed by atoms with Crippen LogP contribution in [0.5, 0.6) is 0 Å². The van der Waals surface area contributed by atoms with Gasteiger partial charge in [0.1, 0.15) is 12.1 Å². The van der Waals surface area contributed by atoms with Crippen molar-refractivity contribution in [2.45, 2.75) is 6.54 Å². The van der Waals surface area contributed by atoms with Gasteiger partial charge in [-0.15, -0.1) is 0 Å². The Balaban J connectivity index is 1.97. The molecule has 21 heavy (non-hydrogen) atoms. The number of halogens is 1. The molecule has 0 fully saturated rings. The predicted molar refractivity (Wildman–Crippen MR) is 71.2 cm³/mol.